The number of carbonyl (C=O) groups excluding carboxylic acids is 1. The summed E-state index contributed by atoms with van der Waals surface area (Å²) in [7, 11) is 0. The number of ether oxygens (including phenoxy) is 1. The normalized spacial score (nSPS) is 9.52. The van der Waals surface area contributed by atoms with E-state index in [0.29, 0.717) is 11.1 Å². The van der Waals surface area contributed by atoms with Crippen LogP contribution in [-0.2, 0) is 4.74 Å². The van der Waals surface area contributed by atoms with Crippen LogP contribution in [0.2, 0.25) is 0 Å². The van der Waals surface area contributed by atoms with Gasteiger partial charge < -0.3 is 14.9 Å². The molecule has 0 heterocycles. The first kappa shape index (κ1) is 18.4. The number of aryl methyl sites for hydroxylation is 2. The van der Waals surface area contributed by atoms with E-state index in [0.717, 1.165) is 11.1 Å². The van der Waals surface area contributed by atoms with E-state index in [2.05, 4.69) is 0 Å². The summed E-state index contributed by atoms with van der Waals surface area (Å²) in [6.45, 7) is 3.53. The van der Waals surface area contributed by atoms with Gasteiger partial charge in [-0.2, -0.15) is 0 Å². The first-order valence-corrected chi connectivity index (χ1v) is 7.10. The van der Waals surface area contributed by atoms with Gasteiger partial charge in [0, 0.05) is 0 Å². The number of rotatable bonds is 4. The largest absolute Gasteiger partial charge is 0.478 e. The number of carboxylic acids is 1. The molecule has 0 fully saturated rings. The monoisotopic (exact) mass is 316 g/mol. The zero-order valence-electron chi connectivity index (χ0n) is 13.2. The molecule has 0 aliphatic carbocycles. The zero-order valence-corrected chi connectivity index (χ0v) is 13.2. The minimum atomic E-state index is -0.863. The van der Waals surface area contributed by atoms with E-state index in [4.69, 9.17) is 14.9 Å². The van der Waals surface area contributed by atoms with Crippen molar-refractivity contribution < 1.29 is 24.5 Å². The number of benzene rings is 2. The van der Waals surface area contributed by atoms with E-state index < -0.39 is 5.97 Å². The van der Waals surface area contributed by atoms with Crippen LogP contribution in [0.4, 0.5) is 0 Å². The summed E-state index contributed by atoms with van der Waals surface area (Å²) in [6.07, 6.45) is 0. The molecule has 122 valence electrons. The van der Waals surface area contributed by atoms with Crippen molar-refractivity contribution >= 4 is 11.9 Å². The molecule has 2 N–H and O–H groups in total. The molecular formula is C18H20O5. The molecule has 0 saturated heterocycles. The lowest BCUT2D eigenvalue weighted by Crippen LogP contribution is -2.09. The molecule has 0 amide bonds. The molecule has 5 nitrogen and oxygen atoms in total. The summed E-state index contributed by atoms with van der Waals surface area (Å²) in [5.41, 5.74) is 2.61. The quantitative estimate of drug-likeness (QED) is 0.847. The summed E-state index contributed by atoms with van der Waals surface area (Å²) in [5, 5.41) is 17.0. The molecule has 0 unspecified atom stereocenters. The Hall–Kier alpha value is -2.66. The third-order valence-electron chi connectivity index (χ3n) is 3.06. The van der Waals surface area contributed by atoms with Crippen molar-refractivity contribution in [3.8, 4) is 0 Å². The summed E-state index contributed by atoms with van der Waals surface area (Å²) in [5.74, 6) is -1.25. The standard InChI is InChI=1S/C10H12O3.C8H8O2/c1-8-4-2-3-5-9(8)10(12)13-7-6-11;1-6-4-2-3-5-7(6)8(9)10/h2-5,11H,6-7H2,1H3;2-5H,1H3,(H,9,10). The van der Waals surface area contributed by atoms with Gasteiger partial charge in [-0.1, -0.05) is 36.4 Å². The van der Waals surface area contributed by atoms with Crippen LogP contribution >= 0.6 is 0 Å². The highest BCUT2D eigenvalue weighted by Crippen LogP contribution is 2.08. The van der Waals surface area contributed by atoms with Gasteiger partial charge in [0.25, 0.3) is 0 Å². The van der Waals surface area contributed by atoms with Crippen molar-refractivity contribution in [3.63, 3.8) is 0 Å². The average Bonchev–Trinajstić information content (AvgIpc) is 2.54. The topological polar surface area (TPSA) is 83.8 Å². The molecule has 0 aromatic heterocycles. The number of aliphatic hydroxyl groups excluding tert-OH is 1. The third-order valence-corrected chi connectivity index (χ3v) is 3.06. The fourth-order valence-electron chi connectivity index (χ4n) is 1.83. The molecule has 0 aliphatic heterocycles. The van der Waals surface area contributed by atoms with Gasteiger partial charge in [0.1, 0.15) is 6.61 Å². The molecule has 0 atom stereocenters. The zero-order chi connectivity index (χ0) is 17.2. The fraction of sp³-hybridized carbons (Fsp3) is 0.222. The average molecular weight is 316 g/mol. The maximum atomic E-state index is 11.3. The first-order valence-electron chi connectivity index (χ1n) is 7.10. The lowest BCUT2D eigenvalue weighted by molar-refractivity contribution is 0.0432. The maximum Gasteiger partial charge on any atom is 0.338 e. The highest BCUT2D eigenvalue weighted by molar-refractivity contribution is 5.91. The van der Waals surface area contributed by atoms with Crippen molar-refractivity contribution in [2.24, 2.45) is 0 Å². The van der Waals surface area contributed by atoms with Crippen LogP contribution in [0.1, 0.15) is 31.8 Å². The number of hydrogen-bond donors (Lipinski definition) is 2. The minimum absolute atomic E-state index is 0.0488. The summed E-state index contributed by atoms with van der Waals surface area (Å²) < 4.78 is 4.77. The number of esters is 1. The number of aliphatic hydroxyl groups is 1. The van der Waals surface area contributed by atoms with Gasteiger partial charge in [-0.15, -0.1) is 0 Å². The van der Waals surface area contributed by atoms with Crippen molar-refractivity contribution in [3.05, 3.63) is 70.8 Å². The van der Waals surface area contributed by atoms with Gasteiger partial charge in [0.05, 0.1) is 17.7 Å². The Labute approximate surface area is 135 Å². The molecule has 2 rings (SSSR count). The Morgan fingerprint density at radius 1 is 0.913 bits per heavy atom. The molecule has 0 saturated carbocycles. The Kier molecular flexibility index (Phi) is 7.50. The first-order chi connectivity index (χ1) is 11.0. The number of carbonyl (C=O) groups is 2. The molecular weight excluding hydrogens is 296 g/mol. The van der Waals surface area contributed by atoms with E-state index in [1.54, 1.807) is 37.3 Å². The van der Waals surface area contributed by atoms with Crippen LogP contribution in [0.25, 0.3) is 0 Å². The third kappa shape index (κ3) is 5.92. The molecule has 23 heavy (non-hydrogen) atoms. The predicted octanol–water partition coefficient (Wildman–Crippen LogP) is 2.84. The highest BCUT2D eigenvalue weighted by Gasteiger charge is 2.08. The van der Waals surface area contributed by atoms with E-state index in [1.807, 2.05) is 25.1 Å². The Bertz CT molecular complexity index is 664. The number of aromatic carboxylic acids is 1. The fourth-order valence-corrected chi connectivity index (χ4v) is 1.83. The van der Waals surface area contributed by atoms with Gasteiger partial charge in [-0.25, -0.2) is 9.59 Å². The number of carboxylic acid groups (broad SMARTS) is 1. The Morgan fingerprint density at radius 2 is 1.39 bits per heavy atom. The van der Waals surface area contributed by atoms with Crippen molar-refractivity contribution in [2.75, 3.05) is 13.2 Å². The molecule has 2 aromatic rings. The van der Waals surface area contributed by atoms with E-state index in [-0.39, 0.29) is 19.2 Å². The number of hydrogen-bond acceptors (Lipinski definition) is 4. The molecule has 0 bridgehead atoms. The van der Waals surface area contributed by atoms with Crippen LogP contribution in [0.3, 0.4) is 0 Å². The van der Waals surface area contributed by atoms with Crippen molar-refractivity contribution in [2.45, 2.75) is 13.8 Å². The van der Waals surface area contributed by atoms with Crippen LogP contribution in [0.5, 0.6) is 0 Å². The molecule has 0 aliphatic rings. The SMILES string of the molecule is Cc1ccccc1C(=O)O.Cc1ccccc1C(=O)OCCO. The lowest BCUT2D eigenvalue weighted by atomic mass is 10.1. The predicted molar refractivity (Wildman–Crippen MR) is 86.7 cm³/mol. The van der Waals surface area contributed by atoms with E-state index >= 15 is 0 Å². The Morgan fingerprint density at radius 3 is 1.78 bits per heavy atom. The van der Waals surface area contributed by atoms with Crippen LogP contribution in [-0.4, -0.2) is 35.4 Å². The summed E-state index contributed by atoms with van der Waals surface area (Å²) >= 11 is 0. The van der Waals surface area contributed by atoms with Gasteiger partial charge in [-0.05, 0) is 37.1 Å². The smallest absolute Gasteiger partial charge is 0.338 e. The molecule has 0 spiro atoms. The second-order valence-electron chi connectivity index (χ2n) is 4.79. The van der Waals surface area contributed by atoms with Crippen molar-refractivity contribution in [1.29, 1.82) is 0 Å². The molecule has 5 heteroatoms. The van der Waals surface area contributed by atoms with Crippen LogP contribution < -0.4 is 0 Å². The van der Waals surface area contributed by atoms with Crippen LogP contribution in [0.15, 0.2) is 48.5 Å². The van der Waals surface area contributed by atoms with E-state index in [1.165, 1.54) is 0 Å². The van der Waals surface area contributed by atoms with Crippen molar-refractivity contribution in [1.82, 2.24) is 0 Å². The molecule has 2 aromatic carbocycles. The molecule has 0 radical (unpaired) electrons. The van der Waals surface area contributed by atoms with Gasteiger partial charge in [-0.3, -0.25) is 0 Å². The van der Waals surface area contributed by atoms with Crippen LogP contribution in [0, 0.1) is 13.8 Å². The second-order valence-corrected chi connectivity index (χ2v) is 4.79. The minimum Gasteiger partial charge on any atom is -0.478 e. The maximum absolute atomic E-state index is 11.3. The lowest BCUT2D eigenvalue weighted by Gasteiger charge is -2.04. The van der Waals surface area contributed by atoms with Gasteiger partial charge in [0.15, 0.2) is 0 Å². The summed E-state index contributed by atoms with van der Waals surface area (Å²) in [6, 6.07) is 14.1. The van der Waals surface area contributed by atoms with Gasteiger partial charge in [0.2, 0.25) is 0 Å². The van der Waals surface area contributed by atoms with Gasteiger partial charge >= 0.3 is 11.9 Å². The summed E-state index contributed by atoms with van der Waals surface area (Å²) in [4.78, 5) is 21.7. The Balaban J connectivity index is 0.000000238. The van der Waals surface area contributed by atoms with E-state index in [9.17, 15) is 9.59 Å². The highest BCUT2D eigenvalue weighted by atomic mass is 16.5. The second kappa shape index (κ2) is 9.38.